The first-order valence-electron chi connectivity index (χ1n) is 17.1. The van der Waals surface area contributed by atoms with Gasteiger partial charge in [-0.2, -0.15) is 0 Å². The fourth-order valence-electron chi connectivity index (χ4n) is 8.41. The lowest BCUT2D eigenvalue weighted by molar-refractivity contribution is 0.0597. The van der Waals surface area contributed by atoms with Crippen LogP contribution in [0.4, 0.5) is 11.4 Å². The third-order valence-electron chi connectivity index (χ3n) is 10.9. The van der Waals surface area contributed by atoms with E-state index in [-0.39, 0.29) is 36.7 Å². The molecule has 10 rings (SSSR count). The van der Waals surface area contributed by atoms with Crippen LogP contribution in [0.1, 0.15) is 63.7 Å². The second kappa shape index (κ2) is 11.0. The number of imide groups is 2. The van der Waals surface area contributed by atoms with Crippen molar-refractivity contribution in [1.29, 1.82) is 0 Å². The fourth-order valence-corrected chi connectivity index (χ4v) is 8.41. The smallest absolute Gasteiger partial charge is 0.261 e. The Labute approximate surface area is 292 Å². The number of fused-ring (bicyclic) bond motifs is 8. The molecule has 4 amide bonds. The number of pyridine rings is 2. The van der Waals surface area contributed by atoms with Crippen molar-refractivity contribution < 1.29 is 19.2 Å². The quantitative estimate of drug-likeness (QED) is 0.206. The predicted molar refractivity (Wildman–Crippen MR) is 192 cm³/mol. The number of rotatable bonds is 6. The van der Waals surface area contributed by atoms with E-state index in [9.17, 15) is 19.2 Å². The van der Waals surface area contributed by atoms with Crippen molar-refractivity contribution in [3.63, 3.8) is 0 Å². The van der Waals surface area contributed by atoms with Crippen molar-refractivity contribution in [1.82, 2.24) is 19.8 Å². The molecule has 0 N–H and O–H groups in total. The van der Waals surface area contributed by atoms with Gasteiger partial charge in [-0.05, 0) is 83.3 Å². The molecule has 4 aliphatic heterocycles. The number of carbonyl (C=O) groups is 4. The molecule has 6 heterocycles. The van der Waals surface area contributed by atoms with E-state index >= 15 is 0 Å². The van der Waals surface area contributed by atoms with Gasteiger partial charge >= 0.3 is 0 Å². The van der Waals surface area contributed by atoms with E-state index in [0.29, 0.717) is 65.6 Å². The third-order valence-corrected chi connectivity index (χ3v) is 10.9. The lowest BCUT2D eigenvalue weighted by Crippen LogP contribution is -2.47. The van der Waals surface area contributed by atoms with Crippen LogP contribution in [-0.2, 0) is 25.9 Å². The Kier molecular flexibility index (Phi) is 6.39. The average Bonchev–Trinajstić information content (AvgIpc) is 3.17. The van der Waals surface area contributed by atoms with Crippen LogP contribution in [0, 0.1) is 0 Å². The number of nitrogens with zero attached hydrogens (tertiary/aromatic N) is 6. The minimum atomic E-state index is -0.284. The highest BCUT2D eigenvalue weighted by atomic mass is 16.2. The van der Waals surface area contributed by atoms with Gasteiger partial charge in [0.05, 0.1) is 17.8 Å². The first kappa shape index (κ1) is 29.5. The maximum absolute atomic E-state index is 14.1. The zero-order valence-corrected chi connectivity index (χ0v) is 27.5. The van der Waals surface area contributed by atoms with Crippen LogP contribution in [0.15, 0.2) is 97.6 Å². The molecular weight excluding hydrogens is 640 g/mol. The number of benzene rings is 4. The third kappa shape index (κ3) is 4.35. The highest BCUT2D eigenvalue weighted by molar-refractivity contribution is 6.28. The van der Waals surface area contributed by atoms with Crippen LogP contribution < -0.4 is 9.80 Å². The van der Waals surface area contributed by atoms with Gasteiger partial charge < -0.3 is 9.80 Å². The molecule has 0 fully saturated rings. The van der Waals surface area contributed by atoms with Crippen molar-refractivity contribution >= 4 is 56.5 Å². The highest BCUT2D eigenvalue weighted by Gasteiger charge is 2.40. The summed E-state index contributed by atoms with van der Waals surface area (Å²) in [7, 11) is 0. The molecule has 4 aliphatic rings. The van der Waals surface area contributed by atoms with Crippen LogP contribution in [0.3, 0.4) is 0 Å². The minimum absolute atomic E-state index is 0.273. The average molecular weight is 671 g/mol. The molecule has 0 saturated heterocycles. The van der Waals surface area contributed by atoms with Gasteiger partial charge in [0.1, 0.15) is 0 Å². The molecule has 10 heteroatoms. The van der Waals surface area contributed by atoms with E-state index in [2.05, 4.69) is 19.8 Å². The van der Waals surface area contributed by atoms with Crippen molar-refractivity contribution in [3.05, 3.63) is 142 Å². The van der Waals surface area contributed by atoms with Crippen molar-refractivity contribution in [3.8, 4) is 0 Å². The molecule has 0 unspecified atom stereocenters. The summed E-state index contributed by atoms with van der Waals surface area (Å²) in [6.45, 7) is 2.20. The van der Waals surface area contributed by atoms with Gasteiger partial charge in [-0.1, -0.05) is 24.3 Å². The number of anilines is 2. The van der Waals surface area contributed by atoms with Gasteiger partial charge in [0.15, 0.2) is 0 Å². The monoisotopic (exact) mass is 670 g/mol. The van der Waals surface area contributed by atoms with E-state index < -0.39 is 0 Å². The molecule has 2 aromatic heterocycles. The zero-order chi connectivity index (χ0) is 34.4. The maximum Gasteiger partial charge on any atom is 0.261 e. The summed E-state index contributed by atoms with van der Waals surface area (Å²) in [5, 5.41) is 3.18. The molecule has 0 spiro atoms. The lowest BCUT2D eigenvalue weighted by Gasteiger charge is -2.46. The van der Waals surface area contributed by atoms with Crippen LogP contribution in [0.5, 0.6) is 0 Å². The van der Waals surface area contributed by atoms with E-state index in [1.54, 1.807) is 24.8 Å². The Hall–Kier alpha value is -6.42. The molecule has 0 radical (unpaired) electrons. The normalized spacial score (nSPS) is 15.9. The second-order valence-electron chi connectivity index (χ2n) is 13.6. The van der Waals surface area contributed by atoms with Gasteiger partial charge in [-0.15, -0.1) is 0 Å². The summed E-state index contributed by atoms with van der Waals surface area (Å²) in [5.41, 5.74) is 8.16. The number of aromatic nitrogens is 2. The fraction of sp³-hybridized carbons (Fsp3) is 0.171. The Morgan fingerprint density at radius 1 is 0.510 bits per heavy atom. The number of amides is 4. The van der Waals surface area contributed by atoms with Gasteiger partial charge in [0.25, 0.3) is 23.6 Å². The number of hydrogen-bond donors (Lipinski definition) is 0. The highest BCUT2D eigenvalue weighted by Crippen LogP contribution is 2.47. The predicted octanol–water partition coefficient (Wildman–Crippen LogP) is 5.76. The van der Waals surface area contributed by atoms with Crippen LogP contribution >= 0.6 is 0 Å². The molecule has 0 atom stereocenters. The van der Waals surface area contributed by atoms with E-state index in [4.69, 9.17) is 0 Å². The molecule has 0 saturated carbocycles. The number of hydrogen-bond acceptors (Lipinski definition) is 8. The van der Waals surface area contributed by atoms with Crippen LogP contribution in [0.2, 0.25) is 0 Å². The van der Waals surface area contributed by atoms with Crippen LogP contribution in [0.25, 0.3) is 21.5 Å². The van der Waals surface area contributed by atoms with Gasteiger partial charge in [-0.25, -0.2) is 0 Å². The molecular formula is C41H30N6O4. The van der Waals surface area contributed by atoms with E-state index in [1.807, 2.05) is 72.8 Å². The summed E-state index contributed by atoms with van der Waals surface area (Å²) in [6.07, 6.45) is 7.93. The summed E-state index contributed by atoms with van der Waals surface area (Å²) < 4.78 is 0. The Morgan fingerprint density at radius 2 is 0.922 bits per heavy atom. The Bertz CT molecular complexity index is 2340. The summed E-state index contributed by atoms with van der Waals surface area (Å²) in [6, 6.07) is 23.0. The zero-order valence-electron chi connectivity index (χ0n) is 27.5. The first-order chi connectivity index (χ1) is 25.0. The SMILES string of the molecule is O=C1c2cccc3c4c(cc(c23)C(=O)N1CCc1ccncc1)N1Cc2c(cc3c5c(cccc25)C(=O)N(CCc2ccncc2)C3=O)N(C4)C1. The largest absolute Gasteiger partial charge is 0.349 e. The van der Waals surface area contributed by atoms with Crippen molar-refractivity contribution in [2.24, 2.45) is 0 Å². The molecule has 4 aromatic carbocycles. The van der Waals surface area contributed by atoms with E-state index in [1.165, 1.54) is 9.80 Å². The lowest BCUT2D eigenvalue weighted by atomic mass is 9.86. The maximum atomic E-state index is 14.1. The summed E-state index contributed by atoms with van der Waals surface area (Å²) in [5.74, 6) is -1.13. The Morgan fingerprint density at radius 3 is 1.35 bits per heavy atom. The Balaban J connectivity index is 1.04. The standard InChI is InChI=1S/C41H30N6O4/c48-38-28-5-1-3-26-32-21-44-23-45(34(32)19-30(36(26)28)40(50)46(38)17-11-24-7-13-42-14-8-24)22-33-27-4-2-6-29-37(27)31(20-35(33)44)41(51)47(39(29)49)18-12-25-9-15-43-16-10-25/h1-10,13-16,19-20H,11-12,17-18,21-23H2. The van der Waals surface area contributed by atoms with Gasteiger partial charge in [0.2, 0.25) is 0 Å². The molecule has 6 aromatic rings. The minimum Gasteiger partial charge on any atom is -0.349 e. The van der Waals surface area contributed by atoms with E-state index in [0.717, 1.165) is 44.4 Å². The molecule has 51 heavy (non-hydrogen) atoms. The molecule has 0 aliphatic carbocycles. The topological polar surface area (TPSA) is 107 Å². The summed E-state index contributed by atoms with van der Waals surface area (Å²) in [4.78, 5) is 71.2. The first-order valence-corrected chi connectivity index (χ1v) is 17.1. The van der Waals surface area contributed by atoms with Gasteiger partial charge in [-0.3, -0.25) is 38.9 Å². The second-order valence-corrected chi connectivity index (χ2v) is 13.6. The molecule has 10 nitrogen and oxygen atoms in total. The van der Waals surface area contributed by atoms with Crippen molar-refractivity contribution in [2.75, 3.05) is 29.6 Å². The number of carbonyl (C=O) groups excluding carboxylic acids is 4. The molecule has 248 valence electrons. The van der Waals surface area contributed by atoms with Crippen molar-refractivity contribution in [2.45, 2.75) is 25.9 Å². The van der Waals surface area contributed by atoms with Crippen LogP contribution in [-0.4, -0.2) is 63.2 Å². The van der Waals surface area contributed by atoms with Gasteiger partial charge in [0, 0.05) is 95.4 Å². The molecule has 2 bridgehead atoms. The summed E-state index contributed by atoms with van der Waals surface area (Å²) >= 11 is 0.